The lowest BCUT2D eigenvalue weighted by Gasteiger charge is -2.09. The molecule has 0 aliphatic carbocycles. The van der Waals surface area contributed by atoms with Crippen molar-refractivity contribution in [1.82, 2.24) is 9.99 Å². The topological polar surface area (TPSA) is 64.8 Å². The molecule has 0 bridgehead atoms. The monoisotopic (exact) mass is 371 g/mol. The maximum absolute atomic E-state index is 12.1. The van der Waals surface area contributed by atoms with Gasteiger partial charge >= 0.3 is 0 Å². The molecule has 0 saturated carbocycles. The van der Waals surface area contributed by atoms with Crippen molar-refractivity contribution in [1.29, 1.82) is 0 Å². The summed E-state index contributed by atoms with van der Waals surface area (Å²) in [6.45, 7) is 0.171. The van der Waals surface area contributed by atoms with Crippen LogP contribution in [-0.2, 0) is 11.3 Å². The van der Waals surface area contributed by atoms with Crippen molar-refractivity contribution < 1.29 is 14.3 Å². The van der Waals surface area contributed by atoms with Gasteiger partial charge in [-0.2, -0.15) is 5.10 Å². The zero-order valence-corrected chi connectivity index (χ0v) is 15.2. The molecule has 0 aliphatic rings. The van der Waals surface area contributed by atoms with Crippen LogP contribution in [0.3, 0.4) is 0 Å². The summed E-state index contributed by atoms with van der Waals surface area (Å²) in [6.07, 6.45) is 3.34. The SMILES string of the molecule is COc1cc(Cl)c(/C=N/NC(=O)Cn2ccc3ccccc32)cc1OC. The van der Waals surface area contributed by atoms with Crippen molar-refractivity contribution in [2.24, 2.45) is 5.10 Å². The van der Waals surface area contributed by atoms with E-state index >= 15 is 0 Å². The fraction of sp³-hybridized carbons (Fsp3) is 0.158. The molecule has 0 atom stereocenters. The third kappa shape index (κ3) is 3.81. The van der Waals surface area contributed by atoms with Crippen LogP contribution in [0.5, 0.6) is 11.5 Å². The minimum Gasteiger partial charge on any atom is -0.493 e. The van der Waals surface area contributed by atoms with Crippen LogP contribution in [-0.4, -0.2) is 30.9 Å². The number of methoxy groups -OCH3 is 2. The average molecular weight is 372 g/mol. The minimum atomic E-state index is -0.237. The number of aromatic nitrogens is 1. The molecule has 2 aromatic carbocycles. The smallest absolute Gasteiger partial charge is 0.259 e. The molecule has 3 aromatic rings. The van der Waals surface area contributed by atoms with Gasteiger partial charge in [0.15, 0.2) is 11.5 Å². The van der Waals surface area contributed by atoms with E-state index in [4.69, 9.17) is 21.1 Å². The molecule has 1 N–H and O–H groups in total. The van der Waals surface area contributed by atoms with E-state index in [1.54, 1.807) is 12.1 Å². The normalized spacial score (nSPS) is 11.0. The fourth-order valence-electron chi connectivity index (χ4n) is 2.61. The molecule has 0 spiro atoms. The van der Waals surface area contributed by atoms with E-state index in [9.17, 15) is 4.79 Å². The van der Waals surface area contributed by atoms with Crippen molar-refractivity contribution in [3.63, 3.8) is 0 Å². The Labute approximate surface area is 156 Å². The van der Waals surface area contributed by atoms with Crippen LogP contribution in [0.15, 0.2) is 53.8 Å². The van der Waals surface area contributed by atoms with Gasteiger partial charge in [0.1, 0.15) is 6.54 Å². The van der Waals surface area contributed by atoms with Crippen LogP contribution in [0.1, 0.15) is 5.56 Å². The molecular formula is C19H18ClN3O3. The maximum Gasteiger partial charge on any atom is 0.259 e. The number of hydrogen-bond donors (Lipinski definition) is 1. The predicted octanol–water partition coefficient (Wildman–Crippen LogP) is 3.46. The Morgan fingerprint density at radius 2 is 1.92 bits per heavy atom. The summed E-state index contributed by atoms with van der Waals surface area (Å²) in [6, 6.07) is 13.2. The Bertz CT molecular complexity index is 966. The molecule has 6 nitrogen and oxygen atoms in total. The number of rotatable bonds is 6. The molecule has 26 heavy (non-hydrogen) atoms. The number of hydrazone groups is 1. The predicted molar refractivity (Wildman–Crippen MR) is 102 cm³/mol. The van der Waals surface area contributed by atoms with Crippen LogP contribution in [0.2, 0.25) is 5.02 Å². The Balaban J connectivity index is 1.67. The van der Waals surface area contributed by atoms with Crippen molar-refractivity contribution in [2.75, 3.05) is 14.2 Å². The number of carbonyl (C=O) groups excluding carboxylic acids is 1. The quantitative estimate of drug-likeness (QED) is 0.533. The van der Waals surface area contributed by atoms with Gasteiger partial charge in [0.25, 0.3) is 5.91 Å². The number of benzene rings is 2. The number of nitrogens with one attached hydrogen (secondary N) is 1. The van der Waals surface area contributed by atoms with E-state index in [0.29, 0.717) is 22.1 Å². The summed E-state index contributed by atoms with van der Waals surface area (Å²) in [5, 5.41) is 5.50. The molecule has 3 rings (SSSR count). The van der Waals surface area contributed by atoms with Gasteiger partial charge in [0.2, 0.25) is 0 Å². The molecular weight excluding hydrogens is 354 g/mol. The Kier molecular flexibility index (Phi) is 5.43. The van der Waals surface area contributed by atoms with E-state index in [2.05, 4.69) is 10.5 Å². The third-order valence-electron chi connectivity index (χ3n) is 3.89. The summed E-state index contributed by atoms with van der Waals surface area (Å²) in [4.78, 5) is 12.1. The molecule has 0 saturated heterocycles. The third-order valence-corrected chi connectivity index (χ3v) is 4.22. The summed E-state index contributed by atoms with van der Waals surface area (Å²) in [7, 11) is 3.07. The highest BCUT2D eigenvalue weighted by atomic mass is 35.5. The highest BCUT2D eigenvalue weighted by molar-refractivity contribution is 6.33. The molecule has 0 fully saturated rings. The first-order valence-electron chi connectivity index (χ1n) is 7.89. The Morgan fingerprint density at radius 1 is 1.19 bits per heavy atom. The number of ether oxygens (including phenoxy) is 2. The largest absolute Gasteiger partial charge is 0.493 e. The number of nitrogens with zero attached hydrogens (tertiary/aromatic N) is 2. The Hall–Kier alpha value is -2.99. The number of carbonyl (C=O) groups is 1. The first kappa shape index (κ1) is 17.8. The van der Waals surface area contributed by atoms with Gasteiger partial charge in [-0.1, -0.05) is 29.8 Å². The summed E-state index contributed by atoms with van der Waals surface area (Å²) in [5.41, 5.74) is 4.11. The molecule has 0 radical (unpaired) electrons. The van der Waals surface area contributed by atoms with Gasteiger partial charge in [0.05, 0.1) is 25.5 Å². The molecule has 7 heteroatoms. The lowest BCUT2D eigenvalue weighted by atomic mass is 10.2. The lowest BCUT2D eigenvalue weighted by Crippen LogP contribution is -2.22. The summed E-state index contributed by atoms with van der Waals surface area (Å²) in [5.74, 6) is 0.820. The zero-order chi connectivity index (χ0) is 18.5. The number of halogens is 1. The van der Waals surface area contributed by atoms with Gasteiger partial charge in [-0.05, 0) is 23.6 Å². The number of para-hydroxylation sites is 1. The first-order chi connectivity index (χ1) is 12.6. The van der Waals surface area contributed by atoms with Gasteiger partial charge in [-0.25, -0.2) is 5.43 Å². The van der Waals surface area contributed by atoms with Crippen molar-refractivity contribution in [3.8, 4) is 11.5 Å². The molecule has 0 unspecified atom stereocenters. The van der Waals surface area contributed by atoms with Crippen LogP contribution in [0.4, 0.5) is 0 Å². The van der Waals surface area contributed by atoms with Gasteiger partial charge in [-0.3, -0.25) is 4.79 Å². The van der Waals surface area contributed by atoms with Crippen molar-refractivity contribution in [3.05, 3.63) is 59.2 Å². The van der Waals surface area contributed by atoms with Gasteiger partial charge in [-0.15, -0.1) is 0 Å². The molecule has 1 aromatic heterocycles. The maximum atomic E-state index is 12.1. The van der Waals surface area contributed by atoms with Crippen LogP contribution in [0, 0.1) is 0 Å². The molecule has 0 aliphatic heterocycles. The Morgan fingerprint density at radius 3 is 2.69 bits per heavy atom. The molecule has 1 amide bonds. The van der Waals surface area contributed by atoms with E-state index in [-0.39, 0.29) is 12.5 Å². The van der Waals surface area contributed by atoms with E-state index in [1.807, 2.05) is 41.1 Å². The first-order valence-corrected chi connectivity index (χ1v) is 8.27. The van der Waals surface area contributed by atoms with Crippen LogP contribution < -0.4 is 14.9 Å². The van der Waals surface area contributed by atoms with Crippen LogP contribution >= 0.6 is 11.6 Å². The number of amides is 1. The fourth-order valence-corrected chi connectivity index (χ4v) is 2.81. The van der Waals surface area contributed by atoms with E-state index < -0.39 is 0 Å². The summed E-state index contributed by atoms with van der Waals surface area (Å²) < 4.78 is 12.3. The number of fused-ring (bicyclic) bond motifs is 1. The highest BCUT2D eigenvalue weighted by Crippen LogP contribution is 2.32. The molecule has 1 heterocycles. The van der Waals surface area contributed by atoms with Gasteiger partial charge in [0, 0.05) is 23.3 Å². The van der Waals surface area contributed by atoms with Crippen molar-refractivity contribution in [2.45, 2.75) is 6.54 Å². The second-order valence-electron chi connectivity index (χ2n) is 5.52. The summed E-state index contributed by atoms with van der Waals surface area (Å²) >= 11 is 6.19. The molecule has 134 valence electrons. The van der Waals surface area contributed by atoms with Gasteiger partial charge < -0.3 is 14.0 Å². The minimum absolute atomic E-state index is 0.171. The second-order valence-corrected chi connectivity index (χ2v) is 5.93. The van der Waals surface area contributed by atoms with E-state index in [1.165, 1.54) is 20.4 Å². The standard InChI is InChI=1S/C19H18ClN3O3/c1-25-17-9-14(15(20)10-18(17)26-2)11-21-22-19(24)12-23-8-7-13-5-3-4-6-16(13)23/h3-11H,12H2,1-2H3,(H,22,24)/b21-11+. The van der Waals surface area contributed by atoms with E-state index in [0.717, 1.165) is 10.9 Å². The lowest BCUT2D eigenvalue weighted by molar-refractivity contribution is -0.121. The van der Waals surface area contributed by atoms with Crippen LogP contribution in [0.25, 0.3) is 10.9 Å². The highest BCUT2D eigenvalue weighted by Gasteiger charge is 2.09. The number of hydrogen-bond acceptors (Lipinski definition) is 4. The average Bonchev–Trinajstić information content (AvgIpc) is 3.05. The van der Waals surface area contributed by atoms with Crippen molar-refractivity contribution >= 4 is 34.6 Å². The zero-order valence-electron chi connectivity index (χ0n) is 14.4. The second kappa shape index (κ2) is 7.93.